The Hall–Kier alpha value is -0.900. The van der Waals surface area contributed by atoms with Crippen LogP contribution in [0.25, 0.3) is 0 Å². The summed E-state index contributed by atoms with van der Waals surface area (Å²) in [6, 6.07) is 0.275. The first kappa shape index (κ1) is 8.69. The van der Waals surface area contributed by atoms with Gasteiger partial charge in [-0.25, -0.2) is 5.01 Å². The van der Waals surface area contributed by atoms with Crippen molar-refractivity contribution >= 4 is 11.6 Å². The van der Waals surface area contributed by atoms with Crippen LogP contribution in [0, 0.1) is 5.92 Å². The molecular weight excluding hydrogens is 166 g/mol. The van der Waals surface area contributed by atoms with E-state index in [-0.39, 0.29) is 11.9 Å². The summed E-state index contributed by atoms with van der Waals surface area (Å²) in [7, 11) is 0. The molecule has 0 bridgehead atoms. The van der Waals surface area contributed by atoms with Gasteiger partial charge in [-0.3, -0.25) is 4.79 Å². The van der Waals surface area contributed by atoms with Gasteiger partial charge in [0.1, 0.15) is 0 Å². The quantitative estimate of drug-likeness (QED) is 0.682. The number of carbonyl (C=O) groups is 1. The largest absolute Gasteiger partial charge is 0.325 e. The van der Waals surface area contributed by atoms with Crippen LogP contribution in [0.3, 0.4) is 0 Å². The van der Waals surface area contributed by atoms with Crippen LogP contribution in [0.15, 0.2) is 5.10 Å². The van der Waals surface area contributed by atoms with Gasteiger partial charge >= 0.3 is 0 Å². The van der Waals surface area contributed by atoms with Crippen LogP contribution in [0.2, 0.25) is 0 Å². The molecule has 1 unspecified atom stereocenters. The molecule has 2 rings (SSSR count). The highest BCUT2D eigenvalue weighted by molar-refractivity contribution is 6.05. The number of hydrazone groups is 1. The third-order valence-electron chi connectivity index (χ3n) is 2.79. The number of nitrogens with two attached hydrogens (primary N) is 1. The second-order valence-electron chi connectivity index (χ2n) is 3.86. The first-order valence-corrected chi connectivity index (χ1v) is 4.81. The van der Waals surface area contributed by atoms with E-state index in [0.717, 1.165) is 5.71 Å². The Labute approximate surface area is 77.8 Å². The molecule has 1 saturated carbocycles. The van der Waals surface area contributed by atoms with Crippen LogP contribution in [-0.2, 0) is 4.79 Å². The SMILES string of the molecule is CC(C1CC1)N1N=C(CN)CC1=O. The molecule has 1 amide bonds. The van der Waals surface area contributed by atoms with E-state index in [1.165, 1.54) is 12.8 Å². The Balaban J connectivity index is 2.05. The van der Waals surface area contributed by atoms with Crippen LogP contribution in [-0.4, -0.2) is 29.2 Å². The van der Waals surface area contributed by atoms with Gasteiger partial charge < -0.3 is 5.73 Å². The number of carbonyl (C=O) groups excluding carboxylic acids is 1. The zero-order chi connectivity index (χ0) is 9.42. The summed E-state index contributed by atoms with van der Waals surface area (Å²) >= 11 is 0. The van der Waals surface area contributed by atoms with E-state index in [1.54, 1.807) is 5.01 Å². The Bertz CT molecular complexity index is 258. The van der Waals surface area contributed by atoms with Crippen LogP contribution in [0.5, 0.6) is 0 Å². The highest BCUT2D eigenvalue weighted by Crippen LogP contribution is 2.36. The summed E-state index contributed by atoms with van der Waals surface area (Å²) in [5.74, 6) is 0.782. The van der Waals surface area contributed by atoms with Crippen molar-refractivity contribution in [1.29, 1.82) is 0 Å². The number of amides is 1. The molecule has 0 aromatic heterocycles. The van der Waals surface area contributed by atoms with Gasteiger partial charge in [0.05, 0.1) is 18.2 Å². The maximum Gasteiger partial charge on any atom is 0.248 e. The van der Waals surface area contributed by atoms with Gasteiger partial charge in [0.15, 0.2) is 0 Å². The predicted molar refractivity (Wildman–Crippen MR) is 50.1 cm³/mol. The van der Waals surface area contributed by atoms with E-state index in [2.05, 4.69) is 12.0 Å². The van der Waals surface area contributed by atoms with Crippen molar-refractivity contribution in [3.05, 3.63) is 0 Å². The molecule has 0 saturated heterocycles. The molecule has 0 aromatic rings. The van der Waals surface area contributed by atoms with Gasteiger partial charge in [0.25, 0.3) is 0 Å². The Morgan fingerprint density at radius 3 is 2.85 bits per heavy atom. The Morgan fingerprint density at radius 2 is 2.38 bits per heavy atom. The molecule has 1 aliphatic carbocycles. The van der Waals surface area contributed by atoms with Crippen molar-refractivity contribution in [3.8, 4) is 0 Å². The molecule has 72 valence electrons. The summed E-state index contributed by atoms with van der Waals surface area (Å²) in [4.78, 5) is 11.5. The molecule has 4 heteroatoms. The molecule has 0 spiro atoms. The summed E-state index contributed by atoms with van der Waals surface area (Å²) in [6.45, 7) is 2.47. The molecule has 0 radical (unpaired) electrons. The molecule has 1 aliphatic heterocycles. The molecule has 0 aromatic carbocycles. The first-order valence-electron chi connectivity index (χ1n) is 4.81. The van der Waals surface area contributed by atoms with E-state index in [1.807, 2.05) is 0 Å². The zero-order valence-electron chi connectivity index (χ0n) is 7.86. The van der Waals surface area contributed by atoms with Crippen LogP contribution in [0.1, 0.15) is 26.2 Å². The lowest BCUT2D eigenvalue weighted by Crippen LogP contribution is -2.32. The standard InChI is InChI=1S/C9H15N3O/c1-6(7-2-3-7)12-9(13)4-8(5-10)11-12/h6-7H,2-5,10H2,1H3. The molecule has 1 heterocycles. The van der Waals surface area contributed by atoms with Crippen molar-refractivity contribution in [2.24, 2.45) is 16.8 Å². The lowest BCUT2D eigenvalue weighted by Gasteiger charge is -2.19. The van der Waals surface area contributed by atoms with E-state index < -0.39 is 0 Å². The maximum absolute atomic E-state index is 11.5. The maximum atomic E-state index is 11.5. The third-order valence-corrected chi connectivity index (χ3v) is 2.79. The second kappa shape index (κ2) is 3.10. The normalized spacial score (nSPS) is 24.9. The van der Waals surface area contributed by atoms with E-state index >= 15 is 0 Å². The van der Waals surface area contributed by atoms with Crippen molar-refractivity contribution in [2.45, 2.75) is 32.2 Å². The van der Waals surface area contributed by atoms with Crippen molar-refractivity contribution in [2.75, 3.05) is 6.54 Å². The smallest absolute Gasteiger partial charge is 0.248 e. The van der Waals surface area contributed by atoms with Gasteiger partial charge in [0, 0.05) is 6.54 Å². The molecule has 2 N–H and O–H groups in total. The topological polar surface area (TPSA) is 58.7 Å². The highest BCUT2D eigenvalue weighted by atomic mass is 16.2. The predicted octanol–water partition coefficient (Wildman–Crippen LogP) is 0.332. The fraction of sp³-hybridized carbons (Fsp3) is 0.778. The van der Waals surface area contributed by atoms with Crippen LogP contribution in [0.4, 0.5) is 0 Å². The van der Waals surface area contributed by atoms with Gasteiger partial charge in [-0.15, -0.1) is 0 Å². The number of rotatable bonds is 3. The van der Waals surface area contributed by atoms with Gasteiger partial charge in [-0.2, -0.15) is 5.10 Å². The van der Waals surface area contributed by atoms with Crippen molar-refractivity contribution in [1.82, 2.24) is 5.01 Å². The summed E-state index contributed by atoms with van der Waals surface area (Å²) in [5, 5.41) is 5.85. The lowest BCUT2D eigenvalue weighted by atomic mass is 10.2. The minimum atomic E-state index is 0.111. The second-order valence-corrected chi connectivity index (χ2v) is 3.86. The first-order chi connectivity index (χ1) is 6.22. The minimum absolute atomic E-state index is 0.111. The molecule has 1 atom stereocenters. The zero-order valence-corrected chi connectivity index (χ0v) is 7.86. The summed E-state index contributed by atoms with van der Waals surface area (Å²) in [6.07, 6.45) is 2.89. The molecule has 13 heavy (non-hydrogen) atoms. The Morgan fingerprint density at radius 1 is 1.69 bits per heavy atom. The number of nitrogens with zero attached hydrogens (tertiary/aromatic N) is 2. The molecular formula is C9H15N3O. The molecule has 1 fully saturated rings. The van der Waals surface area contributed by atoms with Crippen molar-refractivity contribution in [3.63, 3.8) is 0 Å². The molecule has 4 nitrogen and oxygen atoms in total. The van der Waals surface area contributed by atoms with Gasteiger partial charge in [0.2, 0.25) is 5.91 Å². The molecule has 2 aliphatic rings. The third kappa shape index (κ3) is 1.58. The fourth-order valence-corrected chi connectivity index (χ4v) is 1.71. The summed E-state index contributed by atoms with van der Waals surface area (Å²) < 4.78 is 0. The lowest BCUT2D eigenvalue weighted by molar-refractivity contribution is -0.130. The minimum Gasteiger partial charge on any atom is -0.325 e. The fourth-order valence-electron chi connectivity index (χ4n) is 1.71. The highest BCUT2D eigenvalue weighted by Gasteiger charge is 2.36. The summed E-state index contributed by atoms with van der Waals surface area (Å²) in [5.41, 5.74) is 6.26. The van der Waals surface area contributed by atoms with Gasteiger partial charge in [-0.05, 0) is 25.7 Å². The van der Waals surface area contributed by atoms with Crippen molar-refractivity contribution < 1.29 is 4.79 Å². The average molecular weight is 181 g/mol. The van der Waals surface area contributed by atoms with E-state index in [4.69, 9.17) is 5.73 Å². The Kier molecular flexibility index (Phi) is 2.07. The number of hydrogen-bond donors (Lipinski definition) is 1. The monoisotopic (exact) mass is 181 g/mol. The van der Waals surface area contributed by atoms with Gasteiger partial charge in [-0.1, -0.05) is 0 Å². The van der Waals surface area contributed by atoms with E-state index in [9.17, 15) is 4.79 Å². The number of hydrogen-bond acceptors (Lipinski definition) is 3. The average Bonchev–Trinajstić information content (AvgIpc) is 2.89. The van der Waals surface area contributed by atoms with Crippen LogP contribution < -0.4 is 5.73 Å². The van der Waals surface area contributed by atoms with Crippen LogP contribution >= 0.6 is 0 Å². The van der Waals surface area contributed by atoms with E-state index in [0.29, 0.717) is 18.9 Å².